The molecule has 0 spiro atoms. The van der Waals surface area contributed by atoms with Gasteiger partial charge in [0.15, 0.2) is 5.41 Å². The van der Waals surface area contributed by atoms with Crippen LogP contribution in [0.15, 0.2) is 0 Å². The Morgan fingerprint density at radius 3 is 2.00 bits per heavy atom. The van der Waals surface area contributed by atoms with Gasteiger partial charge in [0.2, 0.25) is 0 Å². The Balaban J connectivity index is 4.91. The highest BCUT2D eigenvalue weighted by Gasteiger charge is 2.45. The molecule has 0 radical (unpaired) electrons. The second-order valence-electron chi connectivity index (χ2n) is 4.82. The molecule has 0 N–H and O–H groups in total. The van der Waals surface area contributed by atoms with Crippen molar-refractivity contribution in [1.82, 2.24) is 0 Å². The number of ether oxygens (including phenoxy) is 2. The van der Waals surface area contributed by atoms with Crippen LogP contribution in [-0.4, -0.2) is 37.9 Å². The molecule has 100 valence electrons. The molecule has 0 aromatic heterocycles. The molecule has 0 aromatic rings. The van der Waals surface area contributed by atoms with Crippen LogP contribution in [0, 0.1) is 5.41 Å². The van der Waals surface area contributed by atoms with E-state index in [4.69, 9.17) is 9.26 Å². The molecule has 0 heterocycles. The van der Waals surface area contributed by atoms with Crippen molar-refractivity contribution in [3.63, 3.8) is 0 Å². The third-order valence-electron chi connectivity index (χ3n) is 1.99. The summed E-state index contributed by atoms with van der Waals surface area (Å²) in [6.45, 7) is 8.46. The summed E-state index contributed by atoms with van der Waals surface area (Å²) in [4.78, 5) is 23.7. The van der Waals surface area contributed by atoms with E-state index in [-0.39, 0.29) is 15.4 Å². The lowest BCUT2D eigenvalue weighted by atomic mass is 9.92. The summed E-state index contributed by atoms with van der Waals surface area (Å²) in [5.41, 5.74) is -2.06. The van der Waals surface area contributed by atoms with Crippen molar-refractivity contribution in [1.29, 1.82) is 0 Å². The lowest BCUT2D eigenvalue weighted by Gasteiger charge is -2.28. The highest BCUT2D eigenvalue weighted by molar-refractivity contribution is 7.31. The molecule has 0 aromatic carbocycles. The minimum Gasteiger partial charge on any atom is -0.468 e. The van der Waals surface area contributed by atoms with Crippen LogP contribution >= 0.6 is 8.81 Å². The summed E-state index contributed by atoms with van der Waals surface area (Å²) in [6.07, 6.45) is 0. The summed E-state index contributed by atoms with van der Waals surface area (Å²) in [5, 5.41) is 0. The molecule has 2 atom stereocenters. The highest BCUT2D eigenvalue weighted by atomic mass is 31.1. The first-order valence-electron chi connectivity index (χ1n) is 5.28. The maximum atomic E-state index is 12.0. The van der Waals surface area contributed by atoms with E-state index >= 15 is 0 Å². The number of carbonyl (C=O) groups is 2. The van der Waals surface area contributed by atoms with Crippen molar-refractivity contribution in [2.75, 3.05) is 20.4 Å². The first-order chi connectivity index (χ1) is 7.67. The average Bonchev–Trinajstić information content (AvgIpc) is 2.22. The minimum atomic E-state index is -1.41. The van der Waals surface area contributed by atoms with E-state index < -0.39 is 23.0 Å². The van der Waals surface area contributed by atoms with Gasteiger partial charge in [0, 0.05) is 8.81 Å². The summed E-state index contributed by atoms with van der Waals surface area (Å²) in [6, 6.07) is 0. The smallest absolute Gasteiger partial charge is 0.326 e. The Morgan fingerprint density at radius 2 is 1.65 bits per heavy atom. The number of hydrogen-bond acceptors (Lipinski definition) is 5. The molecule has 6 heteroatoms. The van der Waals surface area contributed by atoms with Crippen molar-refractivity contribution in [3.8, 4) is 0 Å². The molecule has 0 amide bonds. The van der Waals surface area contributed by atoms with Crippen molar-refractivity contribution < 1.29 is 23.6 Å². The number of esters is 2. The Morgan fingerprint density at radius 1 is 1.12 bits per heavy atom. The summed E-state index contributed by atoms with van der Waals surface area (Å²) in [7, 11) is 1.43. The van der Waals surface area contributed by atoms with Gasteiger partial charge < -0.3 is 14.0 Å². The van der Waals surface area contributed by atoms with Crippen LogP contribution in [0.5, 0.6) is 0 Å². The molecule has 0 aliphatic carbocycles. The minimum absolute atomic E-state index is 0.0382. The van der Waals surface area contributed by atoms with Crippen LogP contribution in [0.2, 0.25) is 0 Å². The SMILES string of the molecule is COC(=O)C(C)(COPC)C(=O)OC(C)(C)C. The predicted octanol–water partition coefficient (Wildman–Crippen LogP) is 1.75. The van der Waals surface area contributed by atoms with E-state index in [1.807, 2.05) is 6.66 Å². The fourth-order valence-corrected chi connectivity index (χ4v) is 1.47. The molecule has 17 heavy (non-hydrogen) atoms. The molecule has 5 nitrogen and oxygen atoms in total. The van der Waals surface area contributed by atoms with Gasteiger partial charge in [-0.1, -0.05) is 0 Å². The fourth-order valence-electron chi connectivity index (χ4n) is 1.03. The monoisotopic (exact) mass is 264 g/mol. The third-order valence-corrected chi connectivity index (χ3v) is 2.42. The Kier molecular flexibility index (Phi) is 6.06. The van der Waals surface area contributed by atoms with Crippen LogP contribution in [0.4, 0.5) is 0 Å². The molecule has 0 rings (SSSR count). The summed E-state index contributed by atoms with van der Waals surface area (Å²) >= 11 is 0. The Labute approximate surface area is 104 Å². The normalized spacial score (nSPS) is 15.6. The highest BCUT2D eigenvalue weighted by Crippen LogP contribution is 2.26. The van der Waals surface area contributed by atoms with Crippen molar-refractivity contribution in [2.45, 2.75) is 33.3 Å². The number of hydrogen-bond donors (Lipinski definition) is 0. The van der Waals surface area contributed by atoms with Crippen molar-refractivity contribution in [2.24, 2.45) is 5.41 Å². The summed E-state index contributed by atoms with van der Waals surface area (Å²) < 4.78 is 15.0. The molecule has 0 aliphatic heterocycles. The average molecular weight is 264 g/mol. The van der Waals surface area contributed by atoms with Gasteiger partial charge in [-0.15, -0.1) is 0 Å². The van der Waals surface area contributed by atoms with Crippen LogP contribution in [0.25, 0.3) is 0 Å². The molecular formula is C11H21O5P. The molecule has 0 fully saturated rings. The van der Waals surface area contributed by atoms with Crippen molar-refractivity contribution in [3.05, 3.63) is 0 Å². The van der Waals surface area contributed by atoms with Crippen LogP contribution < -0.4 is 0 Å². The maximum Gasteiger partial charge on any atom is 0.326 e. The molecule has 0 saturated carbocycles. The lowest BCUT2D eigenvalue weighted by molar-refractivity contribution is -0.179. The maximum absolute atomic E-state index is 12.0. The second kappa shape index (κ2) is 6.31. The predicted molar refractivity (Wildman–Crippen MR) is 66.2 cm³/mol. The van der Waals surface area contributed by atoms with E-state index in [0.29, 0.717) is 0 Å². The van der Waals surface area contributed by atoms with E-state index in [0.717, 1.165) is 0 Å². The first-order valence-corrected chi connectivity index (χ1v) is 6.68. The number of methoxy groups -OCH3 is 1. The van der Waals surface area contributed by atoms with Crippen molar-refractivity contribution >= 4 is 20.7 Å². The van der Waals surface area contributed by atoms with Gasteiger partial charge in [0.25, 0.3) is 0 Å². The van der Waals surface area contributed by atoms with Gasteiger partial charge in [-0.25, -0.2) is 0 Å². The first kappa shape index (κ1) is 16.3. The van der Waals surface area contributed by atoms with Gasteiger partial charge in [0.1, 0.15) is 5.60 Å². The van der Waals surface area contributed by atoms with Gasteiger partial charge >= 0.3 is 11.9 Å². The lowest BCUT2D eigenvalue weighted by Crippen LogP contribution is -2.45. The molecule has 2 unspecified atom stereocenters. The number of carbonyl (C=O) groups excluding carboxylic acids is 2. The van der Waals surface area contributed by atoms with Gasteiger partial charge in [-0.05, 0) is 34.4 Å². The second-order valence-corrected chi connectivity index (χ2v) is 5.52. The number of rotatable bonds is 5. The topological polar surface area (TPSA) is 61.8 Å². The van der Waals surface area contributed by atoms with Crippen LogP contribution in [0.1, 0.15) is 27.7 Å². The molecule has 0 bridgehead atoms. The van der Waals surface area contributed by atoms with E-state index in [9.17, 15) is 9.59 Å². The van der Waals surface area contributed by atoms with Crippen LogP contribution in [0.3, 0.4) is 0 Å². The van der Waals surface area contributed by atoms with Gasteiger partial charge in [-0.2, -0.15) is 0 Å². The largest absolute Gasteiger partial charge is 0.468 e. The Hall–Kier alpha value is -0.670. The van der Waals surface area contributed by atoms with Gasteiger partial charge in [0.05, 0.1) is 13.7 Å². The zero-order valence-electron chi connectivity index (χ0n) is 11.2. The molecule has 0 aliphatic rings. The van der Waals surface area contributed by atoms with E-state index in [2.05, 4.69) is 4.74 Å². The van der Waals surface area contributed by atoms with E-state index in [1.165, 1.54) is 14.0 Å². The zero-order valence-corrected chi connectivity index (χ0v) is 12.2. The van der Waals surface area contributed by atoms with Crippen LogP contribution in [-0.2, 0) is 23.6 Å². The Bertz CT molecular complexity index is 284. The summed E-state index contributed by atoms with van der Waals surface area (Å²) in [5.74, 6) is -1.28. The molecular weight excluding hydrogens is 243 g/mol. The van der Waals surface area contributed by atoms with E-state index in [1.54, 1.807) is 20.8 Å². The third kappa shape index (κ3) is 5.00. The fraction of sp³-hybridized carbons (Fsp3) is 0.818. The molecule has 0 saturated heterocycles. The zero-order chi connectivity index (χ0) is 13.7. The quantitative estimate of drug-likeness (QED) is 0.430. The standard InChI is InChI=1S/C11H21O5P/c1-10(2,3)16-9(13)11(4,7-15-17-6)8(12)14-5/h17H,7H2,1-6H3. The van der Waals surface area contributed by atoms with Gasteiger partial charge in [-0.3, -0.25) is 9.59 Å².